The van der Waals surface area contributed by atoms with Crippen LogP contribution in [0.5, 0.6) is 0 Å². The maximum atomic E-state index is 10.7. The van der Waals surface area contributed by atoms with Crippen LogP contribution in [0.15, 0.2) is 0 Å². The van der Waals surface area contributed by atoms with E-state index in [1.54, 1.807) is 0 Å². The molecule has 0 spiro atoms. The predicted octanol–water partition coefficient (Wildman–Crippen LogP) is -0.955. The van der Waals surface area contributed by atoms with Crippen LogP contribution in [0.4, 0.5) is 0 Å². The molecule has 0 fully saturated rings. The van der Waals surface area contributed by atoms with Crippen LogP contribution < -0.4 is 11.1 Å². The predicted molar refractivity (Wildman–Crippen MR) is 45.9 cm³/mol. The van der Waals surface area contributed by atoms with Gasteiger partial charge in [0.15, 0.2) is 0 Å². The van der Waals surface area contributed by atoms with Gasteiger partial charge in [0.2, 0.25) is 5.91 Å². The SMILES string of the molecule is COC(=O)C(C)NC(=O)CN.Cl. The van der Waals surface area contributed by atoms with Crippen molar-refractivity contribution in [1.82, 2.24) is 5.32 Å². The molecule has 0 aliphatic heterocycles. The van der Waals surface area contributed by atoms with Gasteiger partial charge in [-0.15, -0.1) is 12.4 Å². The highest BCUT2D eigenvalue weighted by Gasteiger charge is 2.13. The number of hydrogen-bond donors (Lipinski definition) is 2. The molecule has 6 heteroatoms. The monoisotopic (exact) mass is 196 g/mol. The van der Waals surface area contributed by atoms with Gasteiger partial charge in [-0.25, -0.2) is 4.79 Å². The number of nitrogens with one attached hydrogen (secondary N) is 1. The maximum absolute atomic E-state index is 10.7. The van der Waals surface area contributed by atoms with E-state index in [0.717, 1.165) is 0 Å². The Morgan fingerprint density at radius 1 is 1.58 bits per heavy atom. The van der Waals surface area contributed by atoms with E-state index in [2.05, 4.69) is 10.1 Å². The summed E-state index contributed by atoms with van der Waals surface area (Å²) in [6, 6.07) is -0.629. The van der Waals surface area contributed by atoms with Gasteiger partial charge in [0.05, 0.1) is 13.7 Å². The first-order valence-corrected chi connectivity index (χ1v) is 3.19. The number of carbonyl (C=O) groups is 2. The zero-order chi connectivity index (χ0) is 8.85. The van der Waals surface area contributed by atoms with Gasteiger partial charge in [0, 0.05) is 0 Å². The number of esters is 1. The molecule has 0 saturated heterocycles. The Morgan fingerprint density at radius 3 is 2.42 bits per heavy atom. The molecule has 12 heavy (non-hydrogen) atoms. The molecule has 1 amide bonds. The molecular formula is C6H13ClN2O3. The van der Waals surface area contributed by atoms with Crippen LogP contribution in [-0.4, -0.2) is 31.6 Å². The molecule has 72 valence electrons. The standard InChI is InChI=1S/C6H12N2O3.ClH/c1-4(6(10)11-2)8-5(9)3-7;/h4H,3,7H2,1-2H3,(H,8,9);1H. The van der Waals surface area contributed by atoms with Gasteiger partial charge >= 0.3 is 5.97 Å². The fourth-order valence-electron chi connectivity index (χ4n) is 0.536. The molecule has 0 aromatic heterocycles. The molecule has 1 atom stereocenters. The molecule has 5 nitrogen and oxygen atoms in total. The fraction of sp³-hybridized carbons (Fsp3) is 0.667. The summed E-state index contributed by atoms with van der Waals surface area (Å²) in [6.07, 6.45) is 0. The van der Waals surface area contributed by atoms with Crippen LogP contribution in [-0.2, 0) is 14.3 Å². The second kappa shape index (κ2) is 6.87. The van der Waals surface area contributed by atoms with Gasteiger partial charge in [-0.1, -0.05) is 0 Å². The van der Waals surface area contributed by atoms with Crippen molar-refractivity contribution in [3.63, 3.8) is 0 Å². The van der Waals surface area contributed by atoms with Crippen molar-refractivity contribution in [2.75, 3.05) is 13.7 Å². The number of nitrogens with two attached hydrogens (primary N) is 1. The van der Waals surface area contributed by atoms with Gasteiger partial charge in [-0.2, -0.15) is 0 Å². The lowest BCUT2D eigenvalue weighted by molar-refractivity contribution is -0.144. The van der Waals surface area contributed by atoms with Crippen molar-refractivity contribution >= 4 is 24.3 Å². The summed E-state index contributed by atoms with van der Waals surface area (Å²) in [6.45, 7) is 1.40. The Morgan fingerprint density at radius 2 is 2.08 bits per heavy atom. The quantitative estimate of drug-likeness (QED) is 0.570. The van der Waals surface area contributed by atoms with E-state index in [0.29, 0.717) is 0 Å². The van der Waals surface area contributed by atoms with E-state index in [9.17, 15) is 9.59 Å². The first-order valence-electron chi connectivity index (χ1n) is 3.19. The largest absolute Gasteiger partial charge is 0.467 e. The van der Waals surface area contributed by atoms with E-state index < -0.39 is 12.0 Å². The number of amides is 1. The summed E-state index contributed by atoms with van der Waals surface area (Å²) < 4.78 is 4.36. The van der Waals surface area contributed by atoms with Crippen LogP contribution >= 0.6 is 12.4 Å². The minimum absolute atomic E-state index is 0. The summed E-state index contributed by atoms with van der Waals surface area (Å²) >= 11 is 0. The fourth-order valence-corrected chi connectivity index (χ4v) is 0.536. The van der Waals surface area contributed by atoms with Crippen molar-refractivity contribution in [2.45, 2.75) is 13.0 Å². The molecule has 0 rings (SSSR count). The van der Waals surface area contributed by atoms with Crippen LogP contribution in [0.1, 0.15) is 6.92 Å². The number of carbonyl (C=O) groups excluding carboxylic acids is 2. The topological polar surface area (TPSA) is 81.4 Å². The highest BCUT2D eigenvalue weighted by molar-refractivity contribution is 5.85. The van der Waals surface area contributed by atoms with Crippen molar-refractivity contribution in [3.8, 4) is 0 Å². The highest BCUT2D eigenvalue weighted by atomic mass is 35.5. The van der Waals surface area contributed by atoms with Crippen LogP contribution in [0, 0.1) is 0 Å². The average molecular weight is 197 g/mol. The third-order valence-electron chi connectivity index (χ3n) is 1.12. The summed E-state index contributed by atoms with van der Waals surface area (Å²) in [5.74, 6) is -0.852. The van der Waals surface area contributed by atoms with Gasteiger partial charge in [0.1, 0.15) is 6.04 Å². The van der Waals surface area contributed by atoms with Crippen LogP contribution in [0.2, 0.25) is 0 Å². The maximum Gasteiger partial charge on any atom is 0.328 e. The molecule has 1 unspecified atom stereocenters. The van der Waals surface area contributed by atoms with E-state index in [1.807, 2.05) is 0 Å². The molecule has 0 heterocycles. The lowest BCUT2D eigenvalue weighted by Crippen LogP contribution is -2.42. The average Bonchev–Trinajstić information content (AvgIpc) is 2.02. The Hall–Kier alpha value is -0.810. The van der Waals surface area contributed by atoms with Crippen LogP contribution in [0.25, 0.3) is 0 Å². The third kappa shape index (κ3) is 4.92. The number of rotatable bonds is 3. The number of halogens is 1. The molecule has 3 N–H and O–H groups in total. The summed E-state index contributed by atoms with van der Waals surface area (Å²) in [5.41, 5.74) is 5.00. The van der Waals surface area contributed by atoms with Gasteiger partial charge in [-0.05, 0) is 6.92 Å². The highest BCUT2D eigenvalue weighted by Crippen LogP contribution is 1.84. The lowest BCUT2D eigenvalue weighted by Gasteiger charge is -2.09. The molecule has 0 aliphatic carbocycles. The molecule has 0 saturated carbocycles. The zero-order valence-electron chi connectivity index (χ0n) is 6.99. The molecule has 0 aliphatic rings. The third-order valence-corrected chi connectivity index (χ3v) is 1.12. The minimum atomic E-state index is -0.629. The molecular weight excluding hydrogens is 184 g/mol. The Bertz CT molecular complexity index is 163. The molecule has 0 radical (unpaired) electrons. The number of methoxy groups -OCH3 is 1. The first-order chi connectivity index (χ1) is 5.11. The second-order valence-electron chi connectivity index (χ2n) is 2.02. The van der Waals surface area contributed by atoms with Crippen molar-refractivity contribution in [1.29, 1.82) is 0 Å². The Labute approximate surface area is 77.0 Å². The second-order valence-corrected chi connectivity index (χ2v) is 2.02. The van der Waals surface area contributed by atoms with Crippen LogP contribution in [0.3, 0.4) is 0 Å². The number of hydrogen-bond acceptors (Lipinski definition) is 4. The minimum Gasteiger partial charge on any atom is -0.467 e. The summed E-state index contributed by atoms with van der Waals surface area (Å²) in [5, 5.41) is 2.34. The van der Waals surface area contributed by atoms with E-state index in [-0.39, 0.29) is 24.9 Å². The summed E-state index contributed by atoms with van der Waals surface area (Å²) in [7, 11) is 1.26. The normalized spacial score (nSPS) is 10.9. The van der Waals surface area contributed by atoms with Crippen molar-refractivity contribution < 1.29 is 14.3 Å². The molecule has 0 aromatic carbocycles. The van der Waals surface area contributed by atoms with Gasteiger partial charge in [-0.3, -0.25) is 4.79 Å². The smallest absolute Gasteiger partial charge is 0.328 e. The Kier molecular flexibility index (Phi) is 7.88. The van der Waals surface area contributed by atoms with E-state index in [4.69, 9.17) is 5.73 Å². The van der Waals surface area contributed by atoms with Gasteiger partial charge < -0.3 is 15.8 Å². The van der Waals surface area contributed by atoms with E-state index in [1.165, 1.54) is 14.0 Å². The first kappa shape index (κ1) is 13.8. The number of ether oxygens (including phenoxy) is 1. The van der Waals surface area contributed by atoms with Crippen molar-refractivity contribution in [2.24, 2.45) is 5.73 Å². The van der Waals surface area contributed by atoms with E-state index >= 15 is 0 Å². The Balaban J connectivity index is 0. The lowest BCUT2D eigenvalue weighted by atomic mass is 10.3. The molecule has 0 aromatic rings. The van der Waals surface area contributed by atoms with Gasteiger partial charge in [0.25, 0.3) is 0 Å². The van der Waals surface area contributed by atoms with Crippen molar-refractivity contribution in [3.05, 3.63) is 0 Å². The molecule has 0 bridgehead atoms. The summed E-state index contributed by atoms with van der Waals surface area (Å²) in [4.78, 5) is 21.3. The zero-order valence-corrected chi connectivity index (χ0v) is 7.81.